The fraction of sp³-hybridized carbons (Fsp3) is 0.500. The van der Waals surface area contributed by atoms with E-state index in [-0.39, 0.29) is 13.0 Å². The van der Waals surface area contributed by atoms with Gasteiger partial charge in [-0.05, 0) is 11.5 Å². The van der Waals surface area contributed by atoms with Crippen molar-refractivity contribution in [1.82, 2.24) is 0 Å². The van der Waals surface area contributed by atoms with Gasteiger partial charge in [0.05, 0.1) is 10.5 Å². The minimum atomic E-state index is -4.57. The maximum atomic E-state index is 12.4. The lowest BCUT2D eigenvalue weighted by Crippen LogP contribution is -2.15. The number of hydrogen-bond acceptors (Lipinski definition) is 2. The van der Waals surface area contributed by atoms with Crippen molar-refractivity contribution in [3.8, 4) is 0 Å². The molecule has 6 heteroatoms. The number of nitro groups is 1. The summed E-state index contributed by atoms with van der Waals surface area (Å²) in [5.41, 5.74) is -1.79. The van der Waals surface area contributed by atoms with Gasteiger partial charge in [-0.15, -0.1) is 0 Å². The third-order valence-electron chi connectivity index (χ3n) is 2.33. The molecule has 0 N–H and O–H groups in total. The Kier molecular flexibility index (Phi) is 4.52. The van der Waals surface area contributed by atoms with E-state index in [0.29, 0.717) is 6.07 Å². The topological polar surface area (TPSA) is 43.1 Å². The molecule has 18 heavy (non-hydrogen) atoms. The van der Waals surface area contributed by atoms with Crippen molar-refractivity contribution in [3.63, 3.8) is 0 Å². The van der Waals surface area contributed by atoms with Crippen LogP contribution in [0, 0.1) is 10.1 Å². The molecule has 0 radical (unpaired) electrons. The second kappa shape index (κ2) is 4.96. The van der Waals surface area contributed by atoms with Gasteiger partial charge in [0.25, 0.3) is 5.69 Å². The Bertz CT molecular complexity index is 448. The summed E-state index contributed by atoms with van der Waals surface area (Å²) in [4.78, 5) is 10.0. The van der Waals surface area contributed by atoms with Crippen LogP contribution >= 0.6 is 0 Å². The predicted octanol–water partition coefficient (Wildman–Crippen LogP) is 4.55. The number of benzene rings is 1. The van der Waals surface area contributed by atoms with Gasteiger partial charge in [0, 0.05) is 11.6 Å². The van der Waals surface area contributed by atoms with Gasteiger partial charge in [0.15, 0.2) is 0 Å². The summed E-state index contributed by atoms with van der Waals surface area (Å²) in [6.45, 7) is 5.13. The van der Waals surface area contributed by atoms with E-state index in [4.69, 9.17) is 0 Å². The normalized spacial score (nSPS) is 11.9. The molecule has 0 aliphatic carbocycles. The number of hydrogen-bond donors (Lipinski definition) is 0. The lowest BCUT2D eigenvalue weighted by Gasteiger charge is -2.19. The van der Waals surface area contributed by atoms with E-state index in [1.165, 1.54) is 6.07 Å². The van der Waals surface area contributed by atoms with Crippen molar-refractivity contribution in [1.29, 1.82) is 0 Å². The molecule has 0 bridgehead atoms. The van der Waals surface area contributed by atoms with Crippen molar-refractivity contribution >= 4 is 5.69 Å². The fourth-order valence-electron chi connectivity index (χ4n) is 1.49. The molecule has 0 fully saturated rings. The zero-order valence-electron chi connectivity index (χ0n) is 9.63. The first-order valence-electron chi connectivity index (χ1n) is 4.89. The average Bonchev–Trinajstić information content (AvgIpc) is 2.14. The van der Waals surface area contributed by atoms with Crippen molar-refractivity contribution in [3.05, 3.63) is 39.4 Å². The molecule has 0 heterocycles. The molecule has 0 amide bonds. The number of halogens is 3. The fourth-order valence-corrected chi connectivity index (χ4v) is 1.49. The number of rotatable bonds is 1. The van der Waals surface area contributed by atoms with E-state index in [1.807, 2.05) is 0 Å². The van der Waals surface area contributed by atoms with E-state index in [1.54, 1.807) is 20.8 Å². The third-order valence-corrected chi connectivity index (χ3v) is 2.33. The molecular formula is C12H16F3NO2. The van der Waals surface area contributed by atoms with Crippen molar-refractivity contribution in [2.24, 2.45) is 0 Å². The largest absolute Gasteiger partial charge is 0.416 e. The van der Waals surface area contributed by atoms with Gasteiger partial charge in [0.2, 0.25) is 0 Å². The van der Waals surface area contributed by atoms with Crippen molar-refractivity contribution < 1.29 is 18.1 Å². The first-order valence-corrected chi connectivity index (χ1v) is 4.89. The van der Waals surface area contributed by atoms with Crippen LogP contribution in [0.3, 0.4) is 0 Å². The van der Waals surface area contributed by atoms with Gasteiger partial charge in [0.1, 0.15) is 0 Å². The molecule has 102 valence electrons. The predicted molar refractivity (Wildman–Crippen MR) is 63.5 cm³/mol. The van der Waals surface area contributed by atoms with E-state index in [9.17, 15) is 23.3 Å². The third kappa shape index (κ3) is 3.45. The molecule has 0 atom stereocenters. The number of nitrogens with zero attached hydrogens (tertiary/aromatic N) is 1. The average molecular weight is 263 g/mol. The molecule has 1 rings (SSSR count). The highest BCUT2D eigenvalue weighted by molar-refractivity contribution is 5.47. The standard InChI is InChI=1S/C11H12F3NO2.CH4/c1-10(2,3)8-5-4-7(11(12,13)14)6-9(8)15(16)17;/h4-6H,1-3H3;1H4. The summed E-state index contributed by atoms with van der Waals surface area (Å²) in [6, 6.07) is 2.62. The van der Waals surface area contributed by atoms with Crippen LogP contribution in [0.2, 0.25) is 0 Å². The summed E-state index contributed by atoms with van der Waals surface area (Å²) in [6.07, 6.45) is -4.57. The minimum Gasteiger partial charge on any atom is -0.258 e. The Hall–Kier alpha value is -1.59. The first-order chi connectivity index (χ1) is 7.53. The molecule has 0 aliphatic heterocycles. The first kappa shape index (κ1) is 16.4. The summed E-state index contributed by atoms with van der Waals surface area (Å²) < 4.78 is 37.3. The van der Waals surface area contributed by atoms with Crippen LogP contribution < -0.4 is 0 Å². The molecule has 0 aromatic heterocycles. The SMILES string of the molecule is C.CC(C)(C)c1ccc(C(F)(F)F)cc1[N+](=O)[O-]. The Labute approximate surface area is 104 Å². The maximum Gasteiger partial charge on any atom is 0.416 e. The molecule has 3 nitrogen and oxygen atoms in total. The van der Waals surface area contributed by atoms with Crippen LogP contribution in [-0.2, 0) is 11.6 Å². The lowest BCUT2D eigenvalue weighted by molar-refractivity contribution is -0.386. The Balaban J connectivity index is 0.00000289. The number of alkyl halides is 3. The molecule has 1 aromatic carbocycles. The molecule has 0 saturated heterocycles. The smallest absolute Gasteiger partial charge is 0.258 e. The quantitative estimate of drug-likeness (QED) is 0.551. The summed E-state index contributed by atoms with van der Waals surface area (Å²) in [7, 11) is 0. The van der Waals surface area contributed by atoms with Crippen LogP contribution in [-0.4, -0.2) is 4.92 Å². The zero-order chi connectivity index (χ0) is 13.4. The van der Waals surface area contributed by atoms with Gasteiger partial charge < -0.3 is 0 Å². The molecule has 1 aromatic rings. The number of nitro benzene ring substituents is 1. The summed E-state index contributed by atoms with van der Waals surface area (Å²) in [5.74, 6) is 0. The molecule has 0 spiro atoms. The van der Waals surface area contributed by atoms with Gasteiger partial charge in [-0.3, -0.25) is 10.1 Å². The second-order valence-corrected chi connectivity index (χ2v) is 4.74. The van der Waals surface area contributed by atoms with Gasteiger partial charge in [-0.25, -0.2) is 0 Å². The van der Waals surface area contributed by atoms with E-state index >= 15 is 0 Å². The molecule has 0 aliphatic rings. The van der Waals surface area contributed by atoms with Crippen LogP contribution in [0.1, 0.15) is 39.3 Å². The van der Waals surface area contributed by atoms with Gasteiger partial charge >= 0.3 is 6.18 Å². The molecular weight excluding hydrogens is 247 g/mol. The van der Waals surface area contributed by atoms with Crippen LogP contribution in [0.4, 0.5) is 18.9 Å². The second-order valence-electron chi connectivity index (χ2n) is 4.74. The van der Waals surface area contributed by atoms with Crippen LogP contribution in [0.25, 0.3) is 0 Å². The van der Waals surface area contributed by atoms with Crippen LogP contribution in [0.15, 0.2) is 18.2 Å². The summed E-state index contributed by atoms with van der Waals surface area (Å²) >= 11 is 0. The zero-order valence-corrected chi connectivity index (χ0v) is 9.63. The highest BCUT2D eigenvalue weighted by Gasteiger charge is 2.34. The molecule has 0 saturated carbocycles. The van der Waals surface area contributed by atoms with E-state index in [0.717, 1.165) is 6.07 Å². The monoisotopic (exact) mass is 263 g/mol. The van der Waals surface area contributed by atoms with Gasteiger partial charge in [-0.2, -0.15) is 13.2 Å². The van der Waals surface area contributed by atoms with E-state index in [2.05, 4.69) is 0 Å². The summed E-state index contributed by atoms with van der Waals surface area (Å²) in [5, 5.41) is 10.8. The van der Waals surface area contributed by atoms with Gasteiger partial charge in [-0.1, -0.05) is 34.3 Å². The van der Waals surface area contributed by atoms with Crippen molar-refractivity contribution in [2.45, 2.75) is 39.8 Å². The Morgan fingerprint density at radius 1 is 1.17 bits per heavy atom. The molecule has 0 unspecified atom stereocenters. The minimum absolute atomic E-state index is 0. The Morgan fingerprint density at radius 2 is 1.67 bits per heavy atom. The highest BCUT2D eigenvalue weighted by atomic mass is 19.4. The van der Waals surface area contributed by atoms with Crippen molar-refractivity contribution in [2.75, 3.05) is 0 Å². The van der Waals surface area contributed by atoms with E-state index < -0.39 is 27.8 Å². The maximum absolute atomic E-state index is 12.4. The highest BCUT2D eigenvalue weighted by Crippen LogP contribution is 2.37. The Morgan fingerprint density at radius 3 is 2.00 bits per heavy atom. The lowest BCUT2D eigenvalue weighted by atomic mass is 9.85. The van der Waals surface area contributed by atoms with Crippen LogP contribution in [0.5, 0.6) is 0 Å².